The van der Waals surface area contributed by atoms with Gasteiger partial charge in [-0.2, -0.15) is 0 Å². The van der Waals surface area contributed by atoms with Crippen LogP contribution in [0.25, 0.3) is 0 Å². The van der Waals surface area contributed by atoms with Crippen LogP contribution in [0.2, 0.25) is 0 Å². The Labute approximate surface area is 92.3 Å². The zero-order chi connectivity index (χ0) is 11.1. The van der Waals surface area contributed by atoms with Crippen molar-refractivity contribution in [2.45, 2.75) is 19.3 Å². The molecule has 1 unspecified atom stereocenters. The highest BCUT2D eigenvalue weighted by molar-refractivity contribution is 7.90. The number of rotatable bonds is 7. The lowest BCUT2D eigenvalue weighted by Gasteiger charge is -2.08. The van der Waals surface area contributed by atoms with E-state index in [1.807, 2.05) is 0 Å². The van der Waals surface area contributed by atoms with Crippen molar-refractivity contribution in [2.75, 3.05) is 38.3 Å². The third-order valence-corrected chi connectivity index (χ3v) is 3.67. The molecule has 1 atom stereocenters. The van der Waals surface area contributed by atoms with Gasteiger partial charge in [0.25, 0.3) is 0 Å². The minimum absolute atomic E-state index is 0.234. The van der Waals surface area contributed by atoms with Crippen molar-refractivity contribution in [3.05, 3.63) is 0 Å². The molecule has 1 N–H and O–H groups in total. The lowest BCUT2D eigenvalue weighted by molar-refractivity contribution is 0.123. The Morgan fingerprint density at radius 2 is 2.20 bits per heavy atom. The predicted molar refractivity (Wildman–Crippen MR) is 60.7 cm³/mol. The monoisotopic (exact) mass is 235 g/mol. The van der Waals surface area contributed by atoms with Gasteiger partial charge in [0.15, 0.2) is 0 Å². The molecule has 1 heterocycles. The van der Waals surface area contributed by atoms with Gasteiger partial charge in [0.1, 0.15) is 9.84 Å². The van der Waals surface area contributed by atoms with E-state index < -0.39 is 9.84 Å². The zero-order valence-corrected chi connectivity index (χ0v) is 10.2. The molecule has 1 aliphatic heterocycles. The maximum absolute atomic E-state index is 10.8. The molecule has 15 heavy (non-hydrogen) atoms. The molecule has 1 fully saturated rings. The first-order valence-electron chi connectivity index (χ1n) is 5.54. The number of hydrogen-bond donors (Lipinski definition) is 1. The Morgan fingerprint density at radius 3 is 2.80 bits per heavy atom. The number of hydrogen-bond acceptors (Lipinski definition) is 4. The molecule has 5 heteroatoms. The Hall–Kier alpha value is -0.130. The largest absolute Gasteiger partial charge is 0.381 e. The first-order valence-corrected chi connectivity index (χ1v) is 7.60. The van der Waals surface area contributed by atoms with Crippen LogP contribution in [0, 0.1) is 5.92 Å². The molecule has 1 aliphatic rings. The summed E-state index contributed by atoms with van der Waals surface area (Å²) in [5.41, 5.74) is 0. The second-order valence-electron chi connectivity index (χ2n) is 4.24. The molecule has 0 spiro atoms. The predicted octanol–water partition coefficient (Wildman–Crippen LogP) is 0.437. The second-order valence-corrected chi connectivity index (χ2v) is 6.50. The standard InChI is InChI=1S/C10H21NO3S/c1-15(12,13)8-2-6-14-7-4-10-3-5-11-9-10/h10-11H,2-9H2,1H3. The molecule has 1 saturated heterocycles. The fourth-order valence-electron chi connectivity index (χ4n) is 1.74. The quantitative estimate of drug-likeness (QED) is 0.651. The normalized spacial score (nSPS) is 22.1. The first-order chi connectivity index (χ1) is 7.08. The third kappa shape index (κ3) is 6.87. The second kappa shape index (κ2) is 6.45. The smallest absolute Gasteiger partial charge is 0.147 e. The highest BCUT2D eigenvalue weighted by Gasteiger charge is 2.13. The van der Waals surface area contributed by atoms with Crippen LogP contribution >= 0.6 is 0 Å². The Balaban J connectivity index is 1.89. The van der Waals surface area contributed by atoms with E-state index in [-0.39, 0.29) is 5.75 Å². The summed E-state index contributed by atoms with van der Waals surface area (Å²) in [5.74, 6) is 0.984. The average Bonchev–Trinajstić information content (AvgIpc) is 2.61. The van der Waals surface area contributed by atoms with E-state index in [1.54, 1.807) is 0 Å². The fraction of sp³-hybridized carbons (Fsp3) is 1.00. The van der Waals surface area contributed by atoms with Crippen LogP contribution in [0.3, 0.4) is 0 Å². The van der Waals surface area contributed by atoms with Crippen LogP contribution in [-0.4, -0.2) is 46.7 Å². The van der Waals surface area contributed by atoms with Crippen LogP contribution in [-0.2, 0) is 14.6 Å². The summed E-state index contributed by atoms with van der Waals surface area (Å²) in [5, 5.41) is 3.31. The first kappa shape index (κ1) is 12.9. The zero-order valence-electron chi connectivity index (χ0n) is 9.37. The van der Waals surface area contributed by atoms with Crippen LogP contribution in [0.5, 0.6) is 0 Å². The Kier molecular flexibility index (Phi) is 5.56. The van der Waals surface area contributed by atoms with Crippen molar-refractivity contribution >= 4 is 9.84 Å². The van der Waals surface area contributed by atoms with Gasteiger partial charge in [0, 0.05) is 19.5 Å². The summed E-state index contributed by atoms with van der Waals surface area (Å²) in [6.45, 7) is 3.55. The molecule has 0 aromatic heterocycles. The summed E-state index contributed by atoms with van der Waals surface area (Å²) >= 11 is 0. The highest BCUT2D eigenvalue weighted by Crippen LogP contribution is 2.11. The van der Waals surface area contributed by atoms with E-state index in [1.165, 1.54) is 12.7 Å². The average molecular weight is 235 g/mol. The molecule has 1 rings (SSSR count). The molecule has 4 nitrogen and oxygen atoms in total. The summed E-state index contributed by atoms with van der Waals surface area (Å²) < 4.78 is 27.0. The van der Waals surface area contributed by atoms with E-state index in [0.717, 1.165) is 32.0 Å². The van der Waals surface area contributed by atoms with Gasteiger partial charge < -0.3 is 10.1 Å². The number of nitrogens with one attached hydrogen (secondary N) is 1. The molecular formula is C10H21NO3S. The van der Waals surface area contributed by atoms with Crippen LogP contribution in [0.15, 0.2) is 0 Å². The molecule has 0 saturated carbocycles. The van der Waals surface area contributed by atoms with Gasteiger partial charge >= 0.3 is 0 Å². The van der Waals surface area contributed by atoms with Crippen molar-refractivity contribution < 1.29 is 13.2 Å². The topological polar surface area (TPSA) is 55.4 Å². The number of ether oxygens (including phenoxy) is 1. The van der Waals surface area contributed by atoms with Crippen molar-refractivity contribution in [1.29, 1.82) is 0 Å². The minimum Gasteiger partial charge on any atom is -0.381 e. The van der Waals surface area contributed by atoms with Crippen molar-refractivity contribution in [3.63, 3.8) is 0 Å². The van der Waals surface area contributed by atoms with E-state index in [9.17, 15) is 8.42 Å². The third-order valence-electron chi connectivity index (χ3n) is 2.64. The molecule has 90 valence electrons. The van der Waals surface area contributed by atoms with Gasteiger partial charge in [-0.05, 0) is 38.3 Å². The van der Waals surface area contributed by atoms with E-state index >= 15 is 0 Å². The minimum atomic E-state index is -2.82. The fourth-order valence-corrected chi connectivity index (χ4v) is 2.38. The van der Waals surface area contributed by atoms with Crippen LogP contribution in [0.1, 0.15) is 19.3 Å². The molecule has 0 aliphatic carbocycles. The summed E-state index contributed by atoms with van der Waals surface area (Å²) in [6.07, 6.45) is 4.21. The van der Waals surface area contributed by atoms with Gasteiger partial charge in [-0.3, -0.25) is 0 Å². The summed E-state index contributed by atoms with van der Waals surface area (Å²) in [7, 11) is -2.82. The highest BCUT2D eigenvalue weighted by atomic mass is 32.2. The van der Waals surface area contributed by atoms with Gasteiger partial charge in [-0.1, -0.05) is 0 Å². The van der Waals surface area contributed by atoms with E-state index in [2.05, 4.69) is 5.32 Å². The van der Waals surface area contributed by atoms with Gasteiger partial charge in [-0.15, -0.1) is 0 Å². The molecule has 0 amide bonds. The molecular weight excluding hydrogens is 214 g/mol. The Bertz CT molecular complexity index is 258. The maximum Gasteiger partial charge on any atom is 0.147 e. The molecule has 0 aromatic rings. The molecule has 0 aromatic carbocycles. The molecule has 0 bridgehead atoms. The van der Waals surface area contributed by atoms with Gasteiger partial charge in [-0.25, -0.2) is 8.42 Å². The summed E-state index contributed by atoms with van der Waals surface area (Å²) in [6, 6.07) is 0. The SMILES string of the molecule is CS(=O)(=O)CCCOCCC1CCNC1. The van der Waals surface area contributed by atoms with Gasteiger partial charge in [0.05, 0.1) is 5.75 Å². The van der Waals surface area contributed by atoms with Crippen LogP contribution in [0.4, 0.5) is 0 Å². The number of sulfone groups is 1. The van der Waals surface area contributed by atoms with Crippen molar-refractivity contribution in [3.8, 4) is 0 Å². The van der Waals surface area contributed by atoms with Crippen LogP contribution < -0.4 is 5.32 Å². The summed E-state index contributed by atoms with van der Waals surface area (Å²) in [4.78, 5) is 0. The lowest BCUT2D eigenvalue weighted by Crippen LogP contribution is -2.12. The van der Waals surface area contributed by atoms with E-state index in [4.69, 9.17) is 4.74 Å². The Morgan fingerprint density at radius 1 is 1.40 bits per heavy atom. The van der Waals surface area contributed by atoms with Crippen molar-refractivity contribution in [2.24, 2.45) is 5.92 Å². The molecule has 0 radical (unpaired) electrons. The lowest BCUT2D eigenvalue weighted by atomic mass is 10.1. The van der Waals surface area contributed by atoms with Crippen molar-refractivity contribution in [1.82, 2.24) is 5.32 Å². The maximum atomic E-state index is 10.8. The van der Waals surface area contributed by atoms with Gasteiger partial charge in [0.2, 0.25) is 0 Å². The van der Waals surface area contributed by atoms with E-state index in [0.29, 0.717) is 13.0 Å².